The van der Waals surface area contributed by atoms with Gasteiger partial charge in [0.15, 0.2) is 0 Å². The van der Waals surface area contributed by atoms with Crippen LogP contribution >= 0.6 is 47.8 Å². The molecule has 0 aliphatic heterocycles. The lowest BCUT2D eigenvalue weighted by molar-refractivity contribution is -0.141. The van der Waals surface area contributed by atoms with Gasteiger partial charge in [0.1, 0.15) is 13.2 Å². The Morgan fingerprint density at radius 1 is 1.23 bits per heavy atom. The van der Waals surface area contributed by atoms with Gasteiger partial charge < -0.3 is 14.6 Å². The van der Waals surface area contributed by atoms with Gasteiger partial charge in [0.05, 0.1) is 21.4 Å². The molecule has 0 aliphatic rings. The van der Waals surface area contributed by atoms with Crippen LogP contribution in [0.2, 0.25) is 0 Å². The Labute approximate surface area is 151 Å². The summed E-state index contributed by atoms with van der Waals surface area (Å²) in [6.45, 7) is -0.999. The van der Waals surface area contributed by atoms with Gasteiger partial charge in [0.2, 0.25) is 0 Å². The Hall–Kier alpha value is -0.490. The Balaban J connectivity index is 2.55. The maximum atomic E-state index is 12.0. The fourth-order valence-electron chi connectivity index (χ4n) is 1.28. The lowest BCUT2D eigenvalue weighted by atomic mass is 10.2. The quantitative estimate of drug-likeness (QED) is 0.346. The first kappa shape index (κ1) is 19.6. The lowest BCUT2D eigenvalue weighted by Crippen LogP contribution is -2.31. The first-order valence-electron chi connectivity index (χ1n) is 5.62. The number of halogens is 3. The zero-order chi connectivity index (χ0) is 16.9. The second-order valence-corrected chi connectivity index (χ2v) is 8.00. The fraction of sp³-hybridized carbons (Fsp3) is 0.273. The summed E-state index contributed by atoms with van der Waals surface area (Å²) in [5.74, 6) is -2.18. The maximum absolute atomic E-state index is 12.0. The van der Waals surface area contributed by atoms with Crippen LogP contribution < -0.4 is 5.32 Å². The minimum absolute atomic E-state index is 0.288. The van der Waals surface area contributed by atoms with Crippen LogP contribution in [0.1, 0.15) is 10.4 Å². The standard InChI is InChI=1S/C11H10Br3NO6S/c12-6-3-7(10(14)8(13)4-6)11(17)15-5-9(16)21-1-2-22(18,19)20/h3-4H,1-2,5H2,(H,15,17)(H,18,19,20)/p-1. The molecule has 1 aromatic rings. The van der Waals surface area contributed by atoms with E-state index in [4.69, 9.17) is 0 Å². The number of amides is 1. The van der Waals surface area contributed by atoms with E-state index in [0.717, 1.165) is 0 Å². The third kappa shape index (κ3) is 6.73. The van der Waals surface area contributed by atoms with Crippen molar-refractivity contribution in [3.63, 3.8) is 0 Å². The molecule has 0 fully saturated rings. The van der Waals surface area contributed by atoms with Crippen LogP contribution in [0.3, 0.4) is 0 Å². The minimum Gasteiger partial charge on any atom is -0.748 e. The molecule has 0 saturated heterocycles. The largest absolute Gasteiger partial charge is 0.748 e. The average Bonchev–Trinajstić information content (AvgIpc) is 2.38. The molecule has 0 heterocycles. The summed E-state index contributed by atoms with van der Waals surface area (Å²) < 4.78 is 37.3. The highest BCUT2D eigenvalue weighted by Gasteiger charge is 2.15. The first-order chi connectivity index (χ1) is 10.1. The molecule has 0 aromatic heterocycles. The Bertz CT molecular complexity index is 691. The molecule has 7 nitrogen and oxygen atoms in total. The van der Waals surface area contributed by atoms with E-state index in [2.05, 4.69) is 57.8 Å². The van der Waals surface area contributed by atoms with Crippen molar-refractivity contribution in [2.45, 2.75) is 0 Å². The number of hydrogen-bond acceptors (Lipinski definition) is 6. The third-order valence-corrected chi connectivity index (χ3v) is 5.36. The Morgan fingerprint density at radius 3 is 2.45 bits per heavy atom. The molecular weight excluding hydrogens is 514 g/mol. The first-order valence-corrected chi connectivity index (χ1v) is 9.57. The highest BCUT2D eigenvalue weighted by atomic mass is 79.9. The van der Waals surface area contributed by atoms with Gasteiger partial charge in [0.25, 0.3) is 5.91 Å². The van der Waals surface area contributed by atoms with Gasteiger partial charge in [-0.15, -0.1) is 0 Å². The van der Waals surface area contributed by atoms with E-state index in [0.29, 0.717) is 13.4 Å². The second-order valence-electron chi connectivity index (χ2n) is 3.91. The molecule has 0 saturated carbocycles. The molecule has 11 heteroatoms. The van der Waals surface area contributed by atoms with E-state index >= 15 is 0 Å². The van der Waals surface area contributed by atoms with Gasteiger partial charge in [-0.3, -0.25) is 9.59 Å². The highest BCUT2D eigenvalue weighted by Crippen LogP contribution is 2.30. The highest BCUT2D eigenvalue weighted by molar-refractivity contribution is 9.13. The average molecular weight is 523 g/mol. The summed E-state index contributed by atoms with van der Waals surface area (Å²) in [5.41, 5.74) is 0.288. The summed E-state index contributed by atoms with van der Waals surface area (Å²) >= 11 is 9.74. The smallest absolute Gasteiger partial charge is 0.325 e. The summed E-state index contributed by atoms with van der Waals surface area (Å²) in [5, 5.41) is 2.33. The maximum Gasteiger partial charge on any atom is 0.325 e. The van der Waals surface area contributed by atoms with Gasteiger partial charge in [0, 0.05) is 13.4 Å². The molecule has 0 unspecified atom stereocenters. The number of rotatable bonds is 6. The van der Waals surface area contributed by atoms with Crippen molar-refractivity contribution >= 4 is 69.8 Å². The number of carbonyl (C=O) groups excluding carboxylic acids is 2. The predicted molar refractivity (Wildman–Crippen MR) is 87.4 cm³/mol. The molecule has 1 rings (SSSR count). The van der Waals surface area contributed by atoms with Crippen molar-refractivity contribution in [3.05, 3.63) is 31.1 Å². The van der Waals surface area contributed by atoms with E-state index in [-0.39, 0.29) is 5.56 Å². The Morgan fingerprint density at radius 2 is 1.86 bits per heavy atom. The van der Waals surface area contributed by atoms with Gasteiger partial charge in [-0.05, 0) is 44.0 Å². The van der Waals surface area contributed by atoms with Gasteiger partial charge >= 0.3 is 5.97 Å². The molecule has 22 heavy (non-hydrogen) atoms. The molecule has 0 radical (unpaired) electrons. The zero-order valence-electron chi connectivity index (χ0n) is 10.8. The number of benzene rings is 1. The van der Waals surface area contributed by atoms with Crippen molar-refractivity contribution in [2.75, 3.05) is 18.9 Å². The normalized spacial score (nSPS) is 11.1. The molecule has 0 aliphatic carbocycles. The van der Waals surface area contributed by atoms with Crippen LogP contribution in [0.4, 0.5) is 0 Å². The number of esters is 1. The molecule has 1 aromatic carbocycles. The van der Waals surface area contributed by atoms with Crippen molar-refractivity contribution < 1.29 is 27.3 Å². The summed E-state index contributed by atoms with van der Waals surface area (Å²) in [4.78, 5) is 23.3. The third-order valence-electron chi connectivity index (χ3n) is 2.23. The Kier molecular flexibility index (Phi) is 7.46. The van der Waals surface area contributed by atoms with Crippen LogP contribution in [0.25, 0.3) is 0 Å². The number of ether oxygens (including phenoxy) is 1. The van der Waals surface area contributed by atoms with E-state index in [1.165, 1.54) is 0 Å². The molecule has 1 N–H and O–H groups in total. The lowest BCUT2D eigenvalue weighted by Gasteiger charge is -2.10. The fourth-order valence-corrected chi connectivity index (χ4v) is 3.20. The van der Waals surface area contributed by atoms with Crippen molar-refractivity contribution in [1.29, 1.82) is 0 Å². The van der Waals surface area contributed by atoms with Gasteiger partial charge in [-0.1, -0.05) is 15.9 Å². The molecule has 1 amide bonds. The monoisotopic (exact) mass is 520 g/mol. The molecule has 122 valence electrons. The summed E-state index contributed by atoms with van der Waals surface area (Å²) in [7, 11) is -4.44. The van der Waals surface area contributed by atoms with Crippen LogP contribution in [-0.2, 0) is 19.6 Å². The van der Waals surface area contributed by atoms with Crippen LogP contribution in [0.5, 0.6) is 0 Å². The van der Waals surface area contributed by atoms with E-state index in [1.54, 1.807) is 12.1 Å². The predicted octanol–water partition coefficient (Wildman–Crippen LogP) is 1.79. The molecular formula is C11H9Br3NO6S-. The zero-order valence-corrected chi connectivity index (χ0v) is 16.3. The van der Waals surface area contributed by atoms with Gasteiger partial charge in [-0.25, -0.2) is 8.42 Å². The number of hydrogen-bond donors (Lipinski definition) is 1. The topological polar surface area (TPSA) is 113 Å². The van der Waals surface area contributed by atoms with E-state index < -0.39 is 40.9 Å². The van der Waals surface area contributed by atoms with Gasteiger partial charge in [-0.2, -0.15) is 0 Å². The number of nitrogens with one attached hydrogen (secondary N) is 1. The molecule has 0 atom stereocenters. The summed E-state index contributed by atoms with van der Waals surface area (Å²) in [6.07, 6.45) is 0. The van der Waals surface area contributed by atoms with Crippen molar-refractivity contribution in [2.24, 2.45) is 0 Å². The summed E-state index contributed by atoms with van der Waals surface area (Å²) in [6, 6.07) is 3.29. The van der Waals surface area contributed by atoms with Crippen molar-refractivity contribution in [3.8, 4) is 0 Å². The van der Waals surface area contributed by atoms with E-state index in [1.807, 2.05) is 0 Å². The second kappa shape index (κ2) is 8.39. The molecule has 0 bridgehead atoms. The van der Waals surface area contributed by atoms with Crippen molar-refractivity contribution in [1.82, 2.24) is 5.32 Å². The van der Waals surface area contributed by atoms with Crippen LogP contribution in [0, 0.1) is 0 Å². The molecule has 0 spiro atoms. The van der Waals surface area contributed by atoms with Crippen LogP contribution in [0.15, 0.2) is 25.6 Å². The minimum atomic E-state index is -4.44. The SMILES string of the molecule is O=C(CNC(=O)c1cc(Br)cc(Br)c1Br)OCCS(=O)(=O)[O-]. The van der Waals surface area contributed by atoms with E-state index in [9.17, 15) is 22.6 Å². The number of carbonyl (C=O) groups is 2. The van der Waals surface area contributed by atoms with Crippen LogP contribution in [-0.4, -0.2) is 43.8 Å².